The molecular weight excluding hydrogens is 190 g/mol. The summed E-state index contributed by atoms with van der Waals surface area (Å²) in [6, 6.07) is 0.816. The first-order valence-electron chi connectivity index (χ1n) is 5.57. The van der Waals surface area contributed by atoms with Gasteiger partial charge in [0.1, 0.15) is 5.76 Å². The fourth-order valence-corrected chi connectivity index (χ4v) is 2.14. The number of piperazine rings is 1. The van der Waals surface area contributed by atoms with Crippen LogP contribution < -0.4 is 5.32 Å². The molecule has 4 nitrogen and oxygen atoms in total. The zero-order valence-corrected chi connectivity index (χ0v) is 9.66. The summed E-state index contributed by atoms with van der Waals surface area (Å²) in [5.41, 5.74) is 0. The topological polar surface area (TPSA) is 41.3 Å². The maximum absolute atomic E-state index is 5.57. The summed E-state index contributed by atoms with van der Waals surface area (Å²) in [6.45, 7) is 9.48. The van der Waals surface area contributed by atoms with E-state index in [-0.39, 0.29) is 6.04 Å². The van der Waals surface area contributed by atoms with Crippen LogP contribution in [0.15, 0.2) is 10.6 Å². The number of hydrogen-bond donors (Lipinski definition) is 1. The van der Waals surface area contributed by atoms with Crippen molar-refractivity contribution in [2.45, 2.75) is 32.9 Å². The number of aryl methyl sites for hydroxylation is 1. The van der Waals surface area contributed by atoms with E-state index in [1.807, 2.05) is 6.92 Å². The monoisotopic (exact) mass is 209 g/mol. The lowest BCUT2D eigenvalue weighted by Crippen LogP contribution is -2.50. The van der Waals surface area contributed by atoms with Crippen molar-refractivity contribution in [3.8, 4) is 0 Å². The molecule has 0 saturated carbocycles. The second kappa shape index (κ2) is 4.33. The molecule has 0 aromatic carbocycles. The van der Waals surface area contributed by atoms with Gasteiger partial charge < -0.3 is 9.73 Å². The van der Waals surface area contributed by atoms with E-state index in [1.165, 1.54) is 0 Å². The molecule has 1 aliphatic rings. The summed E-state index contributed by atoms with van der Waals surface area (Å²) in [7, 11) is 0. The summed E-state index contributed by atoms with van der Waals surface area (Å²) in [4.78, 5) is 6.73. The first-order chi connectivity index (χ1) is 7.18. The Morgan fingerprint density at radius 3 is 3.07 bits per heavy atom. The lowest BCUT2D eigenvalue weighted by molar-refractivity contribution is 0.108. The molecule has 0 spiro atoms. The molecule has 1 saturated heterocycles. The Balaban J connectivity index is 2.09. The maximum Gasteiger partial charge on any atom is 0.211 e. The summed E-state index contributed by atoms with van der Waals surface area (Å²) in [6.07, 6.45) is 1.79. The third-order valence-corrected chi connectivity index (χ3v) is 3.05. The molecule has 0 bridgehead atoms. The second-order valence-corrected chi connectivity index (χ2v) is 4.28. The van der Waals surface area contributed by atoms with Crippen LogP contribution in [-0.2, 0) is 0 Å². The molecule has 84 valence electrons. The van der Waals surface area contributed by atoms with Crippen molar-refractivity contribution >= 4 is 0 Å². The minimum atomic E-state index is 0.274. The molecule has 0 aliphatic carbocycles. The average Bonchev–Trinajstić information content (AvgIpc) is 2.65. The van der Waals surface area contributed by atoms with Crippen molar-refractivity contribution in [3.63, 3.8) is 0 Å². The Labute approximate surface area is 90.7 Å². The molecule has 1 N–H and O–H groups in total. The van der Waals surface area contributed by atoms with Crippen LogP contribution in [0, 0.1) is 6.92 Å². The van der Waals surface area contributed by atoms with Gasteiger partial charge in [0, 0.05) is 25.7 Å². The van der Waals surface area contributed by atoms with Gasteiger partial charge in [-0.2, -0.15) is 0 Å². The largest absolute Gasteiger partial charge is 0.444 e. The van der Waals surface area contributed by atoms with Gasteiger partial charge in [0.15, 0.2) is 0 Å². The molecule has 2 unspecified atom stereocenters. The minimum Gasteiger partial charge on any atom is -0.444 e. The Morgan fingerprint density at radius 1 is 1.67 bits per heavy atom. The SMILES string of the molecule is Cc1cnc(C(C)N2CCNCC2C)o1. The fourth-order valence-electron chi connectivity index (χ4n) is 2.14. The van der Waals surface area contributed by atoms with Crippen molar-refractivity contribution in [2.75, 3.05) is 19.6 Å². The summed E-state index contributed by atoms with van der Waals surface area (Å²) >= 11 is 0. The van der Waals surface area contributed by atoms with E-state index in [0.717, 1.165) is 31.3 Å². The van der Waals surface area contributed by atoms with Crippen LogP contribution in [0.5, 0.6) is 0 Å². The minimum absolute atomic E-state index is 0.274. The highest BCUT2D eigenvalue weighted by atomic mass is 16.4. The smallest absolute Gasteiger partial charge is 0.211 e. The van der Waals surface area contributed by atoms with Gasteiger partial charge >= 0.3 is 0 Å². The number of hydrogen-bond acceptors (Lipinski definition) is 4. The van der Waals surface area contributed by atoms with Crippen LogP contribution >= 0.6 is 0 Å². The van der Waals surface area contributed by atoms with Gasteiger partial charge in [-0.1, -0.05) is 0 Å². The Kier molecular flexibility index (Phi) is 3.07. The van der Waals surface area contributed by atoms with Gasteiger partial charge in [-0.3, -0.25) is 4.90 Å². The van der Waals surface area contributed by atoms with Crippen LogP contribution in [-0.4, -0.2) is 35.6 Å². The maximum atomic E-state index is 5.57. The highest BCUT2D eigenvalue weighted by molar-refractivity contribution is 4.97. The molecule has 2 atom stereocenters. The fraction of sp³-hybridized carbons (Fsp3) is 0.727. The Bertz CT molecular complexity index is 323. The van der Waals surface area contributed by atoms with Crippen molar-refractivity contribution in [1.82, 2.24) is 15.2 Å². The van der Waals surface area contributed by atoms with Crippen LogP contribution in [0.2, 0.25) is 0 Å². The van der Waals surface area contributed by atoms with Crippen molar-refractivity contribution in [1.29, 1.82) is 0 Å². The molecule has 4 heteroatoms. The molecule has 1 aromatic heterocycles. The van der Waals surface area contributed by atoms with E-state index in [0.29, 0.717) is 6.04 Å². The van der Waals surface area contributed by atoms with E-state index in [4.69, 9.17) is 4.42 Å². The molecule has 1 aromatic rings. The molecule has 15 heavy (non-hydrogen) atoms. The lowest BCUT2D eigenvalue weighted by atomic mass is 10.1. The van der Waals surface area contributed by atoms with E-state index < -0.39 is 0 Å². The predicted molar refractivity (Wildman–Crippen MR) is 58.7 cm³/mol. The van der Waals surface area contributed by atoms with E-state index in [1.54, 1.807) is 6.20 Å². The van der Waals surface area contributed by atoms with Crippen molar-refractivity contribution in [2.24, 2.45) is 0 Å². The number of rotatable bonds is 2. The number of nitrogens with zero attached hydrogens (tertiary/aromatic N) is 2. The molecular formula is C11H19N3O. The normalized spacial score (nSPS) is 25.4. The number of oxazole rings is 1. The lowest BCUT2D eigenvalue weighted by Gasteiger charge is -2.36. The van der Waals surface area contributed by atoms with Gasteiger partial charge in [-0.05, 0) is 20.8 Å². The van der Waals surface area contributed by atoms with Crippen molar-refractivity contribution < 1.29 is 4.42 Å². The highest BCUT2D eigenvalue weighted by Crippen LogP contribution is 2.22. The quantitative estimate of drug-likeness (QED) is 0.798. The van der Waals surface area contributed by atoms with E-state index >= 15 is 0 Å². The Morgan fingerprint density at radius 2 is 2.47 bits per heavy atom. The van der Waals surface area contributed by atoms with Crippen LogP contribution in [0.1, 0.15) is 31.5 Å². The van der Waals surface area contributed by atoms with Gasteiger partial charge in [0.05, 0.1) is 12.2 Å². The highest BCUT2D eigenvalue weighted by Gasteiger charge is 2.26. The molecule has 2 heterocycles. The molecule has 1 aliphatic heterocycles. The zero-order valence-electron chi connectivity index (χ0n) is 9.66. The van der Waals surface area contributed by atoms with Crippen molar-refractivity contribution in [3.05, 3.63) is 17.8 Å². The molecule has 1 fully saturated rings. The number of aromatic nitrogens is 1. The number of nitrogens with one attached hydrogen (secondary N) is 1. The van der Waals surface area contributed by atoms with Gasteiger partial charge in [0.25, 0.3) is 0 Å². The average molecular weight is 209 g/mol. The summed E-state index contributed by atoms with van der Waals surface area (Å²) in [5, 5.41) is 3.38. The third-order valence-electron chi connectivity index (χ3n) is 3.05. The summed E-state index contributed by atoms with van der Waals surface area (Å²) in [5.74, 6) is 1.72. The molecule has 0 radical (unpaired) electrons. The van der Waals surface area contributed by atoms with Crippen LogP contribution in [0.3, 0.4) is 0 Å². The summed E-state index contributed by atoms with van der Waals surface area (Å²) < 4.78 is 5.57. The first-order valence-corrected chi connectivity index (χ1v) is 5.57. The van der Waals surface area contributed by atoms with Gasteiger partial charge in [-0.15, -0.1) is 0 Å². The van der Waals surface area contributed by atoms with Crippen LogP contribution in [0.25, 0.3) is 0 Å². The molecule has 2 rings (SSSR count). The van der Waals surface area contributed by atoms with Gasteiger partial charge in [0.2, 0.25) is 5.89 Å². The van der Waals surface area contributed by atoms with Gasteiger partial charge in [-0.25, -0.2) is 4.98 Å². The first kappa shape index (κ1) is 10.6. The second-order valence-electron chi connectivity index (χ2n) is 4.28. The predicted octanol–water partition coefficient (Wildman–Crippen LogP) is 1.34. The van der Waals surface area contributed by atoms with Crippen LogP contribution in [0.4, 0.5) is 0 Å². The Hall–Kier alpha value is -0.870. The molecule has 0 amide bonds. The van der Waals surface area contributed by atoms with E-state index in [2.05, 4.69) is 29.0 Å². The van der Waals surface area contributed by atoms with E-state index in [9.17, 15) is 0 Å². The standard InChI is InChI=1S/C11H19N3O/c1-8-6-12-4-5-14(8)10(3)11-13-7-9(2)15-11/h7-8,10,12H,4-6H2,1-3H3. The third kappa shape index (κ3) is 2.21. The zero-order chi connectivity index (χ0) is 10.8.